The van der Waals surface area contributed by atoms with Gasteiger partial charge in [0.15, 0.2) is 5.16 Å². The Hall–Kier alpha value is -2.42. The molecular formula is C24H28ClFN4O2S. The fourth-order valence-electron chi connectivity index (χ4n) is 3.46. The van der Waals surface area contributed by atoms with Gasteiger partial charge in [0.05, 0.1) is 26.9 Å². The van der Waals surface area contributed by atoms with E-state index in [4.69, 9.17) is 11.6 Å². The number of thioether (sulfide) groups is 1. The quantitative estimate of drug-likeness (QED) is 0.318. The van der Waals surface area contributed by atoms with E-state index in [1.165, 1.54) is 23.9 Å². The van der Waals surface area contributed by atoms with Gasteiger partial charge in [-0.15, -0.1) is 0 Å². The molecule has 2 aromatic carbocycles. The minimum Gasteiger partial charge on any atom is -0.324 e. The van der Waals surface area contributed by atoms with Crippen LogP contribution in [0.15, 0.2) is 52.4 Å². The summed E-state index contributed by atoms with van der Waals surface area (Å²) in [4.78, 5) is 33.0. The van der Waals surface area contributed by atoms with Gasteiger partial charge in [-0.05, 0) is 63.3 Å². The molecule has 0 saturated heterocycles. The summed E-state index contributed by atoms with van der Waals surface area (Å²) in [5.74, 6) is -0.792. The first kappa shape index (κ1) is 25.2. The first-order valence-corrected chi connectivity index (χ1v) is 12.2. The van der Waals surface area contributed by atoms with Gasteiger partial charge in [-0.2, -0.15) is 0 Å². The van der Waals surface area contributed by atoms with E-state index in [0.29, 0.717) is 28.3 Å². The second-order valence-corrected chi connectivity index (χ2v) is 9.34. The Morgan fingerprint density at radius 3 is 2.67 bits per heavy atom. The van der Waals surface area contributed by atoms with Crippen LogP contribution in [0, 0.1) is 5.82 Å². The molecule has 3 rings (SSSR count). The van der Waals surface area contributed by atoms with E-state index in [2.05, 4.69) is 29.0 Å². The minimum absolute atomic E-state index is 0.114. The molecule has 0 unspecified atom stereocenters. The lowest BCUT2D eigenvalue weighted by molar-refractivity contribution is -0.115. The van der Waals surface area contributed by atoms with E-state index in [0.717, 1.165) is 32.1 Å². The molecule has 33 heavy (non-hydrogen) atoms. The van der Waals surface area contributed by atoms with Crippen LogP contribution in [0.4, 0.5) is 10.1 Å². The molecule has 9 heteroatoms. The highest BCUT2D eigenvalue weighted by Crippen LogP contribution is 2.26. The fourth-order valence-corrected chi connectivity index (χ4v) is 4.61. The maximum absolute atomic E-state index is 13.3. The van der Waals surface area contributed by atoms with Crippen molar-refractivity contribution in [3.63, 3.8) is 0 Å². The number of fused-ring (bicyclic) bond motifs is 1. The summed E-state index contributed by atoms with van der Waals surface area (Å²) in [5, 5.41) is 3.33. The molecule has 1 N–H and O–H groups in total. The summed E-state index contributed by atoms with van der Waals surface area (Å²) >= 11 is 7.25. The second-order valence-electron chi connectivity index (χ2n) is 7.62. The number of halogens is 2. The van der Waals surface area contributed by atoms with Crippen LogP contribution in [0.1, 0.15) is 27.2 Å². The summed E-state index contributed by atoms with van der Waals surface area (Å²) in [5.41, 5.74) is 0.814. The number of benzene rings is 2. The number of hydrogen-bond acceptors (Lipinski definition) is 5. The zero-order valence-corrected chi connectivity index (χ0v) is 20.5. The third-order valence-corrected chi connectivity index (χ3v) is 6.82. The van der Waals surface area contributed by atoms with Crippen LogP contribution >= 0.6 is 23.4 Å². The number of amides is 1. The number of aromatic nitrogens is 2. The average molecular weight is 491 g/mol. The van der Waals surface area contributed by atoms with Crippen molar-refractivity contribution in [2.75, 3.05) is 25.0 Å². The van der Waals surface area contributed by atoms with Crippen molar-refractivity contribution >= 4 is 45.9 Å². The van der Waals surface area contributed by atoms with Crippen LogP contribution < -0.4 is 10.9 Å². The minimum atomic E-state index is -0.562. The number of rotatable bonds is 10. The molecule has 0 spiro atoms. The standard InChI is InChI=1S/C24H28ClFN4O2S/c1-4-29(5-2)13-8-14-30-23(32)18-9-6-7-10-20(18)28-24(30)33-16(3)22(31)27-21-12-11-17(26)15-19(21)25/h6-7,9-12,15-16H,4-5,8,13-14H2,1-3H3,(H,27,31)/t16-/m0/s1. The van der Waals surface area contributed by atoms with Gasteiger partial charge < -0.3 is 10.2 Å². The largest absolute Gasteiger partial charge is 0.324 e. The van der Waals surface area contributed by atoms with E-state index in [1.54, 1.807) is 23.6 Å². The predicted octanol–water partition coefficient (Wildman–Crippen LogP) is 5.04. The predicted molar refractivity (Wildman–Crippen MR) is 134 cm³/mol. The van der Waals surface area contributed by atoms with Gasteiger partial charge >= 0.3 is 0 Å². The van der Waals surface area contributed by atoms with Crippen molar-refractivity contribution < 1.29 is 9.18 Å². The molecule has 0 fully saturated rings. The van der Waals surface area contributed by atoms with Crippen LogP contribution in [-0.4, -0.2) is 45.2 Å². The summed E-state index contributed by atoms with van der Waals surface area (Å²) in [6.07, 6.45) is 0.793. The molecule has 0 bridgehead atoms. The molecule has 0 saturated carbocycles. The Kier molecular flexibility index (Phi) is 8.88. The van der Waals surface area contributed by atoms with E-state index < -0.39 is 11.1 Å². The first-order valence-electron chi connectivity index (χ1n) is 11.0. The summed E-state index contributed by atoms with van der Waals surface area (Å²) in [6.45, 7) is 9.24. The normalized spacial score (nSPS) is 12.3. The Balaban J connectivity index is 1.83. The van der Waals surface area contributed by atoms with Crippen LogP contribution in [-0.2, 0) is 11.3 Å². The Labute approximate surface area is 202 Å². The van der Waals surface area contributed by atoms with Gasteiger partial charge in [0.1, 0.15) is 5.82 Å². The molecule has 6 nitrogen and oxygen atoms in total. The molecule has 176 valence electrons. The van der Waals surface area contributed by atoms with Gasteiger partial charge in [0.25, 0.3) is 5.56 Å². The SMILES string of the molecule is CCN(CC)CCCn1c(S[C@@H](C)C(=O)Nc2ccc(F)cc2Cl)nc2ccccc2c1=O. The van der Waals surface area contributed by atoms with Crippen molar-refractivity contribution in [2.24, 2.45) is 0 Å². The summed E-state index contributed by atoms with van der Waals surface area (Å²) in [7, 11) is 0. The van der Waals surface area contributed by atoms with E-state index in [9.17, 15) is 14.0 Å². The van der Waals surface area contributed by atoms with E-state index in [1.807, 2.05) is 12.1 Å². The second kappa shape index (κ2) is 11.6. The van der Waals surface area contributed by atoms with Crippen molar-refractivity contribution in [1.82, 2.24) is 14.5 Å². The zero-order chi connectivity index (χ0) is 24.0. The highest BCUT2D eigenvalue weighted by Gasteiger charge is 2.20. The number of carbonyl (C=O) groups is 1. The number of nitrogens with one attached hydrogen (secondary N) is 1. The van der Waals surface area contributed by atoms with Crippen LogP contribution in [0.3, 0.4) is 0 Å². The molecule has 1 atom stereocenters. The van der Waals surface area contributed by atoms with Crippen LogP contribution in [0.5, 0.6) is 0 Å². The zero-order valence-electron chi connectivity index (χ0n) is 19.0. The summed E-state index contributed by atoms with van der Waals surface area (Å²) in [6, 6.07) is 11.0. The molecule has 3 aromatic rings. The molecule has 1 aromatic heterocycles. The number of anilines is 1. The van der Waals surface area contributed by atoms with Gasteiger partial charge in [0.2, 0.25) is 5.91 Å². The van der Waals surface area contributed by atoms with Crippen molar-refractivity contribution in [1.29, 1.82) is 0 Å². The molecule has 0 aliphatic rings. The van der Waals surface area contributed by atoms with Crippen LogP contribution in [0.2, 0.25) is 5.02 Å². The van der Waals surface area contributed by atoms with Gasteiger partial charge in [-0.1, -0.05) is 49.3 Å². The smallest absolute Gasteiger partial charge is 0.262 e. The lowest BCUT2D eigenvalue weighted by Gasteiger charge is -2.20. The molecule has 0 aliphatic carbocycles. The van der Waals surface area contributed by atoms with Crippen molar-refractivity contribution in [3.8, 4) is 0 Å². The lowest BCUT2D eigenvalue weighted by atomic mass is 10.2. The average Bonchev–Trinajstić information content (AvgIpc) is 2.80. The maximum atomic E-state index is 13.3. The first-order chi connectivity index (χ1) is 15.8. The van der Waals surface area contributed by atoms with Crippen LogP contribution in [0.25, 0.3) is 10.9 Å². The van der Waals surface area contributed by atoms with E-state index in [-0.39, 0.29) is 16.5 Å². The lowest BCUT2D eigenvalue weighted by Crippen LogP contribution is -2.29. The molecular weight excluding hydrogens is 463 g/mol. The summed E-state index contributed by atoms with van der Waals surface area (Å²) < 4.78 is 15.0. The Morgan fingerprint density at radius 2 is 1.97 bits per heavy atom. The third-order valence-electron chi connectivity index (χ3n) is 5.42. The number of para-hydroxylation sites is 1. The molecule has 1 amide bonds. The van der Waals surface area contributed by atoms with Gasteiger partial charge in [-0.25, -0.2) is 9.37 Å². The number of nitrogens with zero attached hydrogens (tertiary/aromatic N) is 3. The fraction of sp³-hybridized carbons (Fsp3) is 0.375. The van der Waals surface area contributed by atoms with Gasteiger partial charge in [-0.3, -0.25) is 14.2 Å². The third kappa shape index (κ3) is 6.34. The number of hydrogen-bond donors (Lipinski definition) is 1. The number of carbonyl (C=O) groups excluding carboxylic acids is 1. The van der Waals surface area contributed by atoms with E-state index >= 15 is 0 Å². The molecule has 1 heterocycles. The Bertz CT molecular complexity index is 1180. The maximum Gasteiger partial charge on any atom is 0.262 e. The Morgan fingerprint density at radius 1 is 1.24 bits per heavy atom. The van der Waals surface area contributed by atoms with Crippen molar-refractivity contribution in [2.45, 2.75) is 44.1 Å². The van der Waals surface area contributed by atoms with Crippen molar-refractivity contribution in [3.05, 3.63) is 63.7 Å². The van der Waals surface area contributed by atoms with Gasteiger partial charge in [0, 0.05) is 6.54 Å². The molecule has 0 radical (unpaired) electrons. The monoisotopic (exact) mass is 490 g/mol. The topological polar surface area (TPSA) is 67.2 Å². The molecule has 0 aliphatic heterocycles. The highest BCUT2D eigenvalue weighted by molar-refractivity contribution is 8.00. The highest BCUT2D eigenvalue weighted by atomic mass is 35.5.